The lowest BCUT2D eigenvalue weighted by Gasteiger charge is -2.29. The highest BCUT2D eigenvalue weighted by molar-refractivity contribution is 6.23. The molecule has 0 saturated heterocycles. The molecule has 0 saturated carbocycles. The summed E-state index contributed by atoms with van der Waals surface area (Å²) in [5.41, 5.74) is 14.8. The molecular formula is C56H37N3. The van der Waals surface area contributed by atoms with Crippen molar-refractivity contribution in [2.24, 2.45) is 0 Å². The number of nitrogens with zero attached hydrogens (tertiary/aromatic N) is 3. The first-order valence-electron chi connectivity index (χ1n) is 20.4. The number of benzene rings is 9. The van der Waals surface area contributed by atoms with E-state index in [2.05, 4.69) is 211 Å². The van der Waals surface area contributed by atoms with Crippen LogP contribution < -0.4 is 4.90 Å². The van der Waals surface area contributed by atoms with Crippen LogP contribution in [0.3, 0.4) is 0 Å². The van der Waals surface area contributed by atoms with E-state index < -0.39 is 0 Å². The van der Waals surface area contributed by atoms with Crippen LogP contribution in [0, 0.1) is 0 Å². The third-order valence-electron chi connectivity index (χ3n) is 12.4. The zero-order chi connectivity index (χ0) is 38.9. The van der Waals surface area contributed by atoms with Crippen molar-refractivity contribution in [3.05, 3.63) is 218 Å². The van der Waals surface area contributed by atoms with Gasteiger partial charge >= 0.3 is 0 Å². The normalized spacial score (nSPS) is 15.6. The van der Waals surface area contributed by atoms with Gasteiger partial charge in [-0.1, -0.05) is 176 Å². The molecule has 0 spiro atoms. The highest BCUT2D eigenvalue weighted by Gasteiger charge is 2.38. The molecule has 0 amide bonds. The Kier molecular flexibility index (Phi) is 7.67. The molecule has 1 aromatic heterocycles. The van der Waals surface area contributed by atoms with E-state index in [1.807, 2.05) is 6.20 Å². The van der Waals surface area contributed by atoms with Gasteiger partial charge in [-0.25, -0.2) is 4.98 Å². The van der Waals surface area contributed by atoms with Crippen LogP contribution in [0.2, 0.25) is 0 Å². The van der Waals surface area contributed by atoms with Crippen molar-refractivity contribution in [3.63, 3.8) is 0 Å². The van der Waals surface area contributed by atoms with Crippen LogP contribution >= 0.6 is 0 Å². The third kappa shape index (κ3) is 5.50. The predicted octanol–water partition coefficient (Wildman–Crippen LogP) is 14.5. The van der Waals surface area contributed by atoms with Gasteiger partial charge in [0.15, 0.2) is 0 Å². The number of fused-ring (bicyclic) bond motifs is 10. The van der Waals surface area contributed by atoms with Crippen molar-refractivity contribution >= 4 is 54.7 Å². The van der Waals surface area contributed by atoms with Crippen molar-refractivity contribution < 1.29 is 0 Å². The lowest BCUT2D eigenvalue weighted by Crippen LogP contribution is -2.28. The molecule has 1 aliphatic heterocycles. The summed E-state index contributed by atoms with van der Waals surface area (Å²) in [6.45, 7) is 0. The zero-order valence-electron chi connectivity index (χ0n) is 32.2. The monoisotopic (exact) mass is 751 g/mol. The molecule has 0 N–H and O–H groups in total. The summed E-state index contributed by atoms with van der Waals surface area (Å²) in [4.78, 5) is 12.8. The summed E-state index contributed by atoms with van der Waals surface area (Å²) in [5.74, 6) is 0.294. The minimum atomic E-state index is 0.244. The smallest absolute Gasteiger partial charge is 0.0979 e. The Labute approximate surface area is 342 Å². The summed E-state index contributed by atoms with van der Waals surface area (Å²) in [5, 5.41) is 7.20. The maximum atomic E-state index is 5.25. The number of hydrogen-bond acceptors (Lipinski definition) is 3. The van der Waals surface area contributed by atoms with Crippen LogP contribution in [-0.2, 0) is 0 Å². The maximum absolute atomic E-state index is 5.25. The molecule has 2 atom stereocenters. The van der Waals surface area contributed by atoms with E-state index in [1.54, 1.807) is 0 Å². The van der Waals surface area contributed by atoms with Crippen LogP contribution in [0.25, 0.3) is 88.0 Å². The average molecular weight is 752 g/mol. The van der Waals surface area contributed by atoms with Gasteiger partial charge in [-0.2, -0.15) is 0 Å². The Hall–Kier alpha value is -7.62. The second-order valence-corrected chi connectivity index (χ2v) is 15.7. The molecule has 3 nitrogen and oxygen atoms in total. The maximum Gasteiger partial charge on any atom is 0.0979 e. The Bertz CT molecular complexity index is 3320. The molecule has 10 aromatic rings. The highest BCUT2D eigenvalue weighted by Crippen LogP contribution is 2.50. The van der Waals surface area contributed by atoms with E-state index in [0.29, 0.717) is 5.92 Å². The third-order valence-corrected chi connectivity index (χ3v) is 12.4. The van der Waals surface area contributed by atoms with Gasteiger partial charge in [-0.05, 0) is 85.4 Å². The number of allylic oxidation sites excluding steroid dienone is 2. The van der Waals surface area contributed by atoms with Gasteiger partial charge in [-0.3, -0.25) is 4.98 Å². The Morgan fingerprint density at radius 2 is 0.932 bits per heavy atom. The molecule has 9 aromatic carbocycles. The molecule has 2 heterocycles. The molecular weight excluding hydrogens is 715 g/mol. The van der Waals surface area contributed by atoms with E-state index >= 15 is 0 Å². The lowest BCUT2D eigenvalue weighted by molar-refractivity contribution is 0.746. The highest BCUT2D eigenvalue weighted by atomic mass is 15.2. The largest absolute Gasteiger partial charge is 0.333 e. The summed E-state index contributed by atoms with van der Waals surface area (Å²) >= 11 is 0. The molecule has 276 valence electrons. The molecule has 0 fully saturated rings. The van der Waals surface area contributed by atoms with Crippen LogP contribution in [0.5, 0.6) is 0 Å². The van der Waals surface area contributed by atoms with Crippen molar-refractivity contribution in [1.82, 2.24) is 9.97 Å². The molecule has 2 unspecified atom stereocenters. The number of aromatic nitrogens is 2. The standard InChI is InChI=1S/C56H37N3/c1-2-18-44-38(12-1)13-11-25-52(44)59-53-24-8-7-21-47(53)50-34-42(30-31-54(50)59)37-28-26-36(27-29-37)39-14-9-15-40(32-39)41-16-10-17-43(33-41)51-35-57-55-48-22-5-3-19-45(48)46-20-4-6-23-49(46)56(55)58-51/h1-35,47,53H. The first kappa shape index (κ1) is 33.5. The fraction of sp³-hybridized carbons (Fsp3) is 0.0357. The quantitative estimate of drug-likeness (QED) is 0.164. The first-order chi connectivity index (χ1) is 29.2. The average Bonchev–Trinajstić information content (AvgIpc) is 3.65. The van der Waals surface area contributed by atoms with Gasteiger partial charge in [0.2, 0.25) is 0 Å². The van der Waals surface area contributed by atoms with E-state index in [0.717, 1.165) is 44.2 Å². The zero-order valence-corrected chi connectivity index (χ0v) is 32.2. The molecule has 2 aliphatic rings. The van der Waals surface area contributed by atoms with Crippen LogP contribution in [-0.4, -0.2) is 16.0 Å². The van der Waals surface area contributed by atoms with E-state index in [-0.39, 0.29) is 6.04 Å². The van der Waals surface area contributed by atoms with Gasteiger partial charge in [-0.15, -0.1) is 0 Å². The second-order valence-electron chi connectivity index (χ2n) is 15.7. The summed E-state index contributed by atoms with van der Waals surface area (Å²) in [6, 6.07) is 66.2. The van der Waals surface area contributed by atoms with Gasteiger partial charge in [0.1, 0.15) is 0 Å². The van der Waals surface area contributed by atoms with E-state index in [9.17, 15) is 0 Å². The number of hydrogen-bond donors (Lipinski definition) is 0. The molecule has 59 heavy (non-hydrogen) atoms. The Balaban J connectivity index is 0.853. The molecule has 0 bridgehead atoms. The van der Waals surface area contributed by atoms with E-state index in [4.69, 9.17) is 9.97 Å². The van der Waals surface area contributed by atoms with Gasteiger partial charge < -0.3 is 4.90 Å². The van der Waals surface area contributed by atoms with Crippen molar-refractivity contribution in [2.45, 2.75) is 12.0 Å². The molecule has 0 radical (unpaired) electrons. The number of rotatable bonds is 5. The lowest BCUT2D eigenvalue weighted by atomic mass is 9.89. The van der Waals surface area contributed by atoms with Crippen LogP contribution in [0.15, 0.2) is 212 Å². The summed E-state index contributed by atoms with van der Waals surface area (Å²) in [7, 11) is 0. The first-order valence-corrected chi connectivity index (χ1v) is 20.4. The van der Waals surface area contributed by atoms with Gasteiger partial charge in [0, 0.05) is 39.0 Å². The van der Waals surface area contributed by atoms with Crippen molar-refractivity contribution in [2.75, 3.05) is 4.90 Å². The predicted molar refractivity (Wildman–Crippen MR) is 247 cm³/mol. The minimum Gasteiger partial charge on any atom is -0.333 e. The van der Waals surface area contributed by atoms with E-state index in [1.165, 1.54) is 60.7 Å². The summed E-state index contributed by atoms with van der Waals surface area (Å²) < 4.78 is 0. The molecule has 12 rings (SSSR count). The SMILES string of the molecule is C1=CC2c3cc(-c4ccc(-c5cccc(-c6cccc(-c7cnc8c9ccccc9c9ccccc9c8n7)c6)c5)cc4)ccc3N(c3cccc4ccccc34)C2C=C1. The molecule has 1 aliphatic carbocycles. The number of anilines is 2. The molecule has 3 heteroatoms. The second kappa shape index (κ2) is 13.5. The van der Waals surface area contributed by atoms with Crippen molar-refractivity contribution in [3.8, 4) is 44.6 Å². The van der Waals surface area contributed by atoms with Gasteiger partial charge in [0.05, 0.1) is 29.0 Å². The fourth-order valence-electron chi connectivity index (χ4n) is 9.57. The fourth-order valence-corrected chi connectivity index (χ4v) is 9.57. The Morgan fingerprint density at radius 3 is 1.68 bits per heavy atom. The topological polar surface area (TPSA) is 29.0 Å². The van der Waals surface area contributed by atoms with Crippen molar-refractivity contribution in [1.29, 1.82) is 0 Å². The summed E-state index contributed by atoms with van der Waals surface area (Å²) in [6.07, 6.45) is 11.0. The van der Waals surface area contributed by atoms with Crippen LogP contribution in [0.1, 0.15) is 11.5 Å². The van der Waals surface area contributed by atoms with Gasteiger partial charge in [0.25, 0.3) is 0 Å². The van der Waals surface area contributed by atoms with Crippen LogP contribution in [0.4, 0.5) is 11.4 Å². The Morgan fingerprint density at radius 1 is 0.390 bits per heavy atom. The minimum absolute atomic E-state index is 0.244.